The lowest BCUT2D eigenvalue weighted by molar-refractivity contribution is 0.450. The van der Waals surface area contributed by atoms with E-state index in [4.69, 9.17) is 0 Å². The van der Waals surface area contributed by atoms with Crippen LogP contribution in [0.5, 0.6) is 0 Å². The molecule has 1 heterocycles. The lowest BCUT2D eigenvalue weighted by atomic mass is 10.0. The maximum Gasteiger partial charge on any atom is 0.0756 e. The highest BCUT2D eigenvalue weighted by Gasteiger charge is 2.14. The molecule has 4 nitrogen and oxygen atoms in total. The number of nitrogens with one attached hydrogen (secondary N) is 1. The number of hydrogen-bond acceptors (Lipinski definition) is 3. The molecule has 20 heavy (non-hydrogen) atoms. The van der Waals surface area contributed by atoms with Gasteiger partial charge in [-0.15, -0.1) is 5.10 Å². The molecule has 1 N–H and O–H groups in total. The van der Waals surface area contributed by atoms with Crippen LogP contribution in [0.3, 0.4) is 0 Å². The highest BCUT2D eigenvalue weighted by molar-refractivity contribution is 5.01. The number of hydrogen-bond donors (Lipinski definition) is 1. The summed E-state index contributed by atoms with van der Waals surface area (Å²) in [5.41, 5.74) is 1.24. The fraction of sp³-hybridized carbons (Fsp3) is 0.875. The third kappa shape index (κ3) is 6.04. The van der Waals surface area contributed by atoms with Crippen LogP contribution in [-0.4, -0.2) is 22.0 Å². The number of rotatable bonds is 12. The maximum atomic E-state index is 4.18. The van der Waals surface area contributed by atoms with Crippen molar-refractivity contribution in [1.82, 2.24) is 20.3 Å². The quantitative estimate of drug-likeness (QED) is 0.586. The summed E-state index contributed by atoms with van der Waals surface area (Å²) in [5, 5.41) is 11.7. The SMILES string of the molecule is CCCCCCCCCC(NC)c1cnnn1CCC. The minimum atomic E-state index is 0.396. The molecule has 1 unspecified atom stereocenters. The molecular weight excluding hydrogens is 248 g/mol. The lowest BCUT2D eigenvalue weighted by Crippen LogP contribution is -2.20. The molecule has 116 valence electrons. The van der Waals surface area contributed by atoms with E-state index in [9.17, 15) is 0 Å². The molecule has 0 saturated heterocycles. The van der Waals surface area contributed by atoms with Crippen LogP contribution in [0.2, 0.25) is 0 Å². The van der Waals surface area contributed by atoms with Crippen LogP contribution in [-0.2, 0) is 6.54 Å². The first-order valence-electron chi connectivity index (χ1n) is 8.39. The van der Waals surface area contributed by atoms with Gasteiger partial charge in [-0.05, 0) is 19.9 Å². The van der Waals surface area contributed by atoms with Gasteiger partial charge in [0, 0.05) is 6.54 Å². The van der Waals surface area contributed by atoms with Crippen LogP contribution >= 0.6 is 0 Å². The molecule has 0 fully saturated rings. The van der Waals surface area contributed by atoms with Gasteiger partial charge in [-0.2, -0.15) is 0 Å². The van der Waals surface area contributed by atoms with Gasteiger partial charge in [0.05, 0.1) is 17.9 Å². The van der Waals surface area contributed by atoms with E-state index in [0.717, 1.165) is 13.0 Å². The van der Waals surface area contributed by atoms with E-state index in [1.807, 2.05) is 17.9 Å². The first-order valence-corrected chi connectivity index (χ1v) is 8.39. The molecule has 0 aliphatic rings. The third-order valence-electron chi connectivity index (χ3n) is 3.88. The van der Waals surface area contributed by atoms with Crippen molar-refractivity contribution in [3.63, 3.8) is 0 Å². The molecule has 0 amide bonds. The first-order chi connectivity index (χ1) is 9.83. The highest BCUT2D eigenvalue weighted by atomic mass is 15.4. The maximum absolute atomic E-state index is 4.18. The molecule has 1 atom stereocenters. The Morgan fingerprint density at radius 1 is 1.05 bits per heavy atom. The van der Waals surface area contributed by atoms with Crippen molar-refractivity contribution in [1.29, 1.82) is 0 Å². The molecule has 0 aliphatic carbocycles. The second-order valence-electron chi connectivity index (χ2n) is 5.63. The summed E-state index contributed by atoms with van der Waals surface area (Å²) < 4.78 is 2.04. The van der Waals surface area contributed by atoms with Gasteiger partial charge in [0.15, 0.2) is 0 Å². The monoisotopic (exact) mass is 280 g/mol. The normalized spacial score (nSPS) is 12.8. The summed E-state index contributed by atoms with van der Waals surface area (Å²) in [6.45, 7) is 5.41. The van der Waals surface area contributed by atoms with Crippen molar-refractivity contribution in [2.24, 2.45) is 0 Å². The predicted molar refractivity (Wildman–Crippen MR) is 84.7 cm³/mol. The Hall–Kier alpha value is -0.900. The molecule has 0 bridgehead atoms. The van der Waals surface area contributed by atoms with Crippen LogP contribution in [0.15, 0.2) is 6.20 Å². The van der Waals surface area contributed by atoms with E-state index < -0.39 is 0 Å². The Bertz CT molecular complexity index is 335. The third-order valence-corrected chi connectivity index (χ3v) is 3.88. The summed E-state index contributed by atoms with van der Waals surface area (Å²) in [6, 6.07) is 0.396. The van der Waals surface area contributed by atoms with E-state index in [0.29, 0.717) is 6.04 Å². The van der Waals surface area contributed by atoms with Crippen LogP contribution < -0.4 is 5.32 Å². The number of nitrogens with zero attached hydrogens (tertiary/aromatic N) is 3. The topological polar surface area (TPSA) is 42.7 Å². The van der Waals surface area contributed by atoms with Crippen molar-refractivity contribution in [2.75, 3.05) is 7.05 Å². The standard InChI is InChI=1S/C16H32N4/c1-4-6-7-8-9-10-11-12-15(17-3)16-14-18-19-20(16)13-5-2/h14-15,17H,4-13H2,1-3H3. The van der Waals surface area contributed by atoms with Gasteiger partial charge in [0.25, 0.3) is 0 Å². The Balaban J connectivity index is 2.27. The Morgan fingerprint density at radius 2 is 1.75 bits per heavy atom. The molecule has 0 radical (unpaired) electrons. The molecule has 0 spiro atoms. The van der Waals surface area contributed by atoms with Crippen LogP contribution in [0.4, 0.5) is 0 Å². The van der Waals surface area contributed by atoms with Crippen LogP contribution in [0.1, 0.15) is 83.4 Å². The smallest absolute Gasteiger partial charge is 0.0756 e. The first kappa shape index (κ1) is 17.2. The molecule has 4 heteroatoms. The van der Waals surface area contributed by atoms with Crippen molar-refractivity contribution in [3.8, 4) is 0 Å². The van der Waals surface area contributed by atoms with E-state index in [2.05, 4.69) is 29.5 Å². The molecule has 0 aromatic carbocycles. The summed E-state index contributed by atoms with van der Waals surface area (Å²) in [4.78, 5) is 0. The van der Waals surface area contributed by atoms with Gasteiger partial charge in [0.1, 0.15) is 0 Å². The highest BCUT2D eigenvalue weighted by Crippen LogP contribution is 2.19. The molecule has 1 aromatic rings. The van der Waals surface area contributed by atoms with E-state index in [-0.39, 0.29) is 0 Å². The summed E-state index contributed by atoms with van der Waals surface area (Å²) in [7, 11) is 2.04. The molecule has 1 rings (SSSR count). The van der Waals surface area contributed by atoms with Gasteiger partial charge in [-0.1, -0.05) is 64.0 Å². The van der Waals surface area contributed by atoms with Crippen LogP contribution in [0.25, 0.3) is 0 Å². The van der Waals surface area contributed by atoms with Crippen molar-refractivity contribution >= 4 is 0 Å². The fourth-order valence-electron chi connectivity index (χ4n) is 2.67. The Labute approximate surface area is 124 Å². The van der Waals surface area contributed by atoms with Crippen molar-refractivity contribution < 1.29 is 0 Å². The zero-order valence-electron chi connectivity index (χ0n) is 13.6. The zero-order valence-corrected chi connectivity index (χ0v) is 13.6. The van der Waals surface area contributed by atoms with Crippen LogP contribution in [0, 0.1) is 0 Å². The van der Waals surface area contributed by atoms with E-state index in [1.54, 1.807) is 0 Å². The molecule has 1 aromatic heterocycles. The second kappa shape index (κ2) is 10.8. The summed E-state index contributed by atoms with van der Waals surface area (Å²) in [6.07, 6.45) is 13.7. The van der Waals surface area contributed by atoms with E-state index >= 15 is 0 Å². The minimum absolute atomic E-state index is 0.396. The van der Waals surface area contributed by atoms with Gasteiger partial charge >= 0.3 is 0 Å². The minimum Gasteiger partial charge on any atom is -0.312 e. The van der Waals surface area contributed by atoms with E-state index in [1.165, 1.54) is 57.1 Å². The summed E-state index contributed by atoms with van der Waals surface area (Å²) >= 11 is 0. The average Bonchev–Trinajstić information content (AvgIpc) is 2.91. The number of unbranched alkanes of at least 4 members (excludes halogenated alkanes) is 6. The van der Waals surface area contributed by atoms with Gasteiger partial charge in [-0.3, -0.25) is 0 Å². The molecule has 0 saturated carbocycles. The predicted octanol–water partition coefficient (Wildman–Crippen LogP) is 4.09. The molecular formula is C16H32N4. The average molecular weight is 280 g/mol. The Morgan fingerprint density at radius 3 is 2.40 bits per heavy atom. The number of aryl methyl sites for hydroxylation is 1. The van der Waals surface area contributed by atoms with Crippen molar-refractivity contribution in [3.05, 3.63) is 11.9 Å². The van der Waals surface area contributed by atoms with Gasteiger partial charge in [0.2, 0.25) is 0 Å². The van der Waals surface area contributed by atoms with Gasteiger partial charge < -0.3 is 5.32 Å². The molecule has 0 aliphatic heterocycles. The lowest BCUT2D eigenvalue weighted by Gasteiger charge is -2.16. The van der Waals surface area contributed by atoms with Gasteiger partial charge in [-0.25, -0.2) is 4.68 Å². The zero-order chi connectivity index (χ0) is 14.6. The summed E-state index contributed by atoms with van der Waals surface area (Å²) in [5.74, 6) is 0. The Kier molecular flexibility index (Phi) is 9.29. The number of aromatic nitrogens is 3. The second-order valence-corrected chi connectivity index (χ2v) is 5.63. The van der Waals surface area contributed by atoms with Crippen molar-refractivity contribution in [2.45, 2.75) is 84.2 Å². The largest absolute Gasteiger partial charge is 0.312 e. The fourth-order valence-corrected chi connectivity index (χ4v) is 2.67.